The molecule has 0 fully saturated rings. The van der Waals surface area contributed by atoms with Crippen molar-refractivity contribution in [2.24, 2.45) is 0 Å². The highest BCUT2D eigenvalue weighted by Crippen LogP contribution is 2.27. The number of phenolic OH excluding ortho intramolecular Hbond substituents is 1. The van der Waals surface area contributed by atoms with E-state index in [1.165, 1.54) is 5.56 Å². The molecule has 0 unspecified atom stereocenters. The van der Waals surface area contributed by atoms with E-state index in [1.54, 1.807) is 6.07 Å². The van der Waals surface area contributed by atoms with Crippen molar-refractivity contribution in [2.75, 3.05) is 5.88 Å². The summed E-state index contributed by atoms with van der Waals surface area (Å²) in [5.74, 6) is 0.753. The fourth-order valence-corrected chi connectivity index (χ4v) is 1.42. The Morgan fingerprint density at radius 3 is 2.53 bits per heavy atom. The Morgan fingerprint density at radius 2 is 2.00 bits per heavy atom. The van der Waals surface area contributed by atoms with Crippen LogP contribution in [0.5, 0.6) is 5.75 Å². The predicted octanol–water partition coefficient (Wildman–Crippen LogP) is 3.94. The van der Waals surface area contributed by atoms with Crippen LogP contribution in [0.3, 0.4) is 0 Å². The first-order valence-electron chi connectivity index (χ1n) is 5.01. The van der Waals surface area contributed by atoms with Gasteiger partial charge in [0, 0.05) is 11.4 Å². The Kier molecular flexibility index (Phi) is 3.81. The van der Waals surface area contributed by atoms with Gasteiger partial charge in [-0.15, -0.1) is 11.6 Å². The lowest BCUT2D eigenvalue weighted by molar-refractivity contribution is 0.472. The quantitative estimate of drug-likeness (QED) is 0.755. The second-order valence-corrected chi connectivity index (χ2v) is 4.89. The first-order valence-corrected chi connectivity index (χ1v) is 5.54. The molecule has 0 aliphatic rings. The molecule has 82 valence electrons. The average Bonchev–Trinajstić information content (AvgIpc) is 2.15. The minimum absolute atomic E-state index is 0.0945. The van der Waals surface area contributed by atoms with E-state index in [2.05, 4.69) is 20.8 Å². The summed E-state index contributed by atoms with van der Waals surface area (Å²) in [4.78, 5) is 0. The van der Waals surface area contributed by atoms with Crippen LogP contribution in [0.4, 0.5) is 0 Å². The molecule has 2 heteroatoms. The van der Waals surface area contributed by atoms with Crippen LogP contribution in [-0.4, -0.2) is 11.0 Å². The molecule has 1 aromatic rings. The van der Waals surface area contributed by atoms with Gasteiger partial charge in [-0.1, -0.05) is 39.0 Å². The fraction of sp³-hybridized carbons (Fsp3) is 0.385. The molecule has 0 atom stereocenters. The maximum absolute atomic E-state index is 9.63. The molecule has 15 heavy (non-hydrogen) atoms. The number of hydrogen-bond acceptors (Lipinski definition) is 1. The summed E-state index contributed by atoms with van der Waals surface area (Å²) < 4.78 is 0. The average molecular weight is 225 g/mol. The van der Waals surface area contributed by atoms with Gasteiger partial charge >= 0.3 is 0 Å². The van der Waals surface area contributed by atoms with Crippen molar-refractivity contribution in [1.29, 1.82) is 0 Å². The molecule has 0 aliphatic carbocycles. The SMILES string of the molecule is CC(C)(C)c1ccc(O)c(C=CCCl)c1. The molecule has 0 saturated heterocycles. The van der Waals surface area contributed by atoms with Gasteiger partial charge in [-0.3, -0.25) is 0 Å². The molecule has 0 saturated carbocycles. The summed E-state index contributed by atoms with van der Waals surface area (Å²) in [5, 5.41) is 9.63. The van der Waals surface area contributed by atoms with E-state index in [1.807, 2.05) is 24.3 Å². The standard InChI is InChI=1S/C13H17ClO/c1-13(2,3)11-6-7-12(15)10(9-11)5-4-8-14/h4-7,9,15H,8H2,1-3H3. The monoisotopic (exact) mass is 224 g/mol. The van der Waals surface area contributed by atoms with Crippen molar-refractivity contribution in [1.82, 2.24) is 0 Å². The Labute approximate surface area is 96.4 Å². The number of aromatic hydroxyl groups is 1. The van der Waals surface area contributed by atoms with Crippen LogP contribution >= 0.6 is 11.6 Å². The molecule has 1 aromatic carbocycles. The molecule has 0 spiro atoms. The van der Waals surface area contributed by atoms with Crippen molar-refractivity contribution in [3.8, 4) is 5.75 Å². The number of benzene rings is 1. The predicted molar refractivity (Wildman–Crippen MR) is 66.6 cm³/mol. The molecule has 0 heterocycles. The van der Waals surface area contributed by atoms with Crippen molar-refractivity contribution >= 4 is 17.7 Å². The van der Waals surface area contributed by atoms with E-state index in [-0.39, 0.29) is 5.41 Å². The fourth-order valence-electron chi connectivity index (χ4n) is 1.33. The molecule has 0 aliphatic heterocycles. The molecular formula is C13H17ClO. The maximum atomic E-state index is 9.63. The van der Waals surface area contributed by atoms with E-state index in [4.69, 9.17) is 11.6 Å². The van der Waals surface area contributed by atoms with Gasteiger partial charge in [0.15, 0.2) is 0 Å². The molecule has 1 rings (SSSR count). The molecule has 0 radical (unpaired) electrons. The Hall–Kier alpha value is -0.950. The van der Waals surface area contributed by atoms with Gasteiger partial charge in [0.2, 0.25) is 0 Å². The van der Waals surface area contributed by atoms with Crippen LogP contribution in [0.1, 0.15) is 31.9 Å². The highest BCUT2D eigenvalue weighted by atomic mass is 35.5. The van der Waals surface area contributed by atoms with Crippen LogP contribution in [0.25, 0.3) is 6.08 Å². The van der Waals surface area contributed by atoms with Crippen LogP contribution in [-0.2, 0) is 5.41 Å². The molecule has 1 nitrogen and oxygen atoms in total. The topological polar surface area (TPSA) is 20.2 Å². The van der Waals surface area contributed by atoms with Gasteiger partial charge < -0.3 is 5.11 Å². The van der Waals surface area contributed by atoms with Crippen molar-refractivity contribution in [3.63, 3.8) is 0 Å². The normalized spacial score (nSPS) is 12.3. The number of allylic oxidation sites excluding steroid dienone is 1. The Balaban J connectivity index is 3.11. The van der Waals surface area contributed by atoms with Crippen molar-refractivity contribution < 1.29 is 5.11 Å². The smallest absolute Gasteiger partial charge is 0.122 e. The summed E-state index contributed by atoms with van der Waals surface area (Å²) in [6.45, 7) is 6.44. The molecule has 1 N–H and O–H groups in total. The van der Waals surface area contributed by atoms with E-state index in [0.717, 1.165) is 5.56 Å². The molecule has 0 amide bonds. The van der Waals surface area contributed by atoms with Crippen LogP contribution in [0.15, 0.2) is 24.3 Å². The lowest BCUT2D eigenvalue weighted by atomic mass is 9.86. The molecule has 0 aromatic heterocycles. The van der Waals surface area contributed by atoms with E-state index >= 15 is 0 Å². The largest absolute Gasteiger partial charge is 0.507 e. The van der Waals surface area contributed by atoms with E-state index in [0.29, 0.717) is 11.6 Å². The summed E-state index contributed by atoms with van der Waals surface area (Å²) in [7, 11) is 0. The number of hydrogen-bond donors (Lipinski definition) is 1. The summed E-state index contributed by atoms with van der Waals surface area (Å²) in [6, 6.07) is 5.68. The van der Waals surface area contributed by atoms with Crippen molar-refractivity contribution in [2.45, 2.75) is 26.2 Å². The zero-order valence-electron chi connectivity index (χ0n) is 9.42. The second-order valence-electron chi connectivity index (χ2n) is 4.58. The van der Waals surface area contributed by atoms with E-state index < -0.39 is 0 Å². The number of alkyl halides is 1. The molecule has 0 bridgehead atoms. The van der Waals surface area contributed by atoms with Crippen LogP contribution in [0, 0.1) is 0 Å². The third kappa shape index (κ3) is 3.28. The summed E-state index contributed by atoms with van der Waals surface area (Å²) in [6.07, 6.45) is 3.67. The third-order valence-corrected chi connectivity index (χ3v) is 2.46. The number of phenols is 1. The zero-order valence-corrected chi connectivity index (χ0v) is 10.2. The minimum atomic E-state index is 0.0945. The van der Waals surface area contributed by atoms with Crippen molar-refractivity contribution in [3.05, 3.63) is 35.4 Å². The maximum Gasteiger partial charge on any atom is 0.122 e. The lowest BCUT2D eigenvalue weighted by Gasteiger charge is -2.19. The van der Waals surface area contributed by atoms with Gasteiger partial charge in [-0.05, 0) is 23.1 Å². The van der Waals surface area contributed by atoms with Gasteiger partial charge in [0.25, 0.3) is 0 Å². The summed E-state index contributed by atoms with van der Waals surface area (Å²) in [5.41, 5.74) is 2.12. The number of halogens is 1. The Bertz CT molecular complexity index is 361. The van der Waals surface area contributed by atoms with Gasteiger partial charge in [-0.25, -0.2) is 0 Å². The third-order valence-electron chi connectivity index (χ3n) is 2.28. The molecular weight excluding hydrogens is 208 g/mol. The number of rotatable bonds is 2. The lowest BCUT2D eigenvalue weighted by Crippen LogP contribution is -2.10. The van der Waals surface area contributed by atoms with Gasteiger partial charge in [0.05, 0.1) is 0 Å². The second kappa shape index (κ2) is 4.71. The van der Waals surface area contributed by atoms with Crippen LogP contribution in [0.2, 0.25) is 0 Å². The zero-order chi connectivity index (χ0) is 11.5. The van der Waals surface area contributed by atoms with Gasteiger partial charge in [0.1, 0.15) is 5.75 Å². The first kappa shape index (κ1) is 12.1. The van der Waals surface area contributed by atoms with E-state index in [9.17, 15) is 5.11 Å². The highest BCUT2D eigenvalue weighted by Gasteiger charge is 2.14. The van der Waals surface area contributed by atoms with Gasteiger partial charge in [-0.2, -0.15) is 0 Å². The summed E-state index contributed by atoms with van der Waals surface area (Å²) >= 11 is 5.57. The Morgan fingerprint density at radius 1 is 1.33 bits per heavy atom. The highest BCUT2D eigenvalue weighted by molar-refractivity contribution is 6.19. The van der Waals surface area contributed by atoms with Crippen LogP contribution < -0.4 is 0 Å². The minimum Gasteiger partial charge on any atom is -0.507 e. The first-order chi connectivity index (χ1) is 6.95.